The lowest BCUT2D eigenvalue weighted by Gasteiger charge is -2.42. The average Bonchev–Trinajstić information content (AvgIpc) is 2.33. The van der Waals surface area contributed by atoms with Crippen LogP contribution in [0, 0.1) is 0 Å². The Morgan fingerprint density at radius 3 is 2.31 bits per heavy atom. The molecule has 0 spiro atoms. The smallest absolute Gasteiger partial charge is 0.253 e. The summed E-state index contributed by atoms with van der Waals surface area (Å²) >= 11 is 0. The van der Waals surface area contributed by atoms with Crippen molar-refractivity contribution in [3.63, 3.8) is 0 Å². The first kappa shape index (κ1) is 8.44. The zero-order chi connectivity index (χ0) is 9.42. The third-order valence-electron chi connectivity index (χ3n) is 2.59. The molecule has 0 aliphatic carbocycles. The van der Waals surface area contributed by atoms with Crippen molar-refractivity contribution in [3.8, 4) is 0 Å². The van der Waals surface area contributed by atoms with Crippen molar-refractivity contribution in [1.29, 1.82) is 0 Å². The molecule has 2 aliphatic rings. The number of carbonyl (C=O) groups is 2. The summed E-state index contributed by atoms with van der Waals surface area (Å²) in [5.41, 5.74) is 0. The number of hydrogen-bond acceptors (Lipinski definition) is 3. The van der Waals surface area contributed by atoms with Crippen LogP contribution in [0.5, 0.6) is 0 Å². The van der Waals surface area contributed by atoms with E-state index in [2.05, 4.69) is 11.8 Å². The van der Waals surface area contributed by atoms with Crippen LogP contribution in [0.1, 0.15) is 6.92 Å². The summed E-state index contributed by atoms with van der Waals surface area (Å²) in [5, 5.41) is 0. The van der Waals surface area contributed by atoms with Crippen molar-refractivity contribution in [2.24, 2.45) is 0 Å². The van der Waals surface area contributed by atoms with E-state index in [0.29, 0.717) is 0 Å². The third-order valence-corrected chi connectivity index (χ3v) is 2.59. The first-order valence-electron chi connectivity index (χ1n) is 4.50. The molecule has 4 nitrogen and oxygen atoms in total. The fourth-order valence-electron chi connectivity index (χ4n) is 1.74. The van der Waals surface area contributed by atoms with Gasteiger partial charge < -0.3 is 0 Å². The van der Waals surface area contributed by atoms with Gasteiger partial charge in [-0.3, -0.25) is 19.4 Å². The Kier molecular flexibility index (Phi) is 1.92. The van der Waals surface area contributed by atoms with E-state index in [9.17, 15) is 9.59 Å². The van der Waals surface area contributed by atoms with Gasteiger partial charge >= 0.3 is 0 Å². The molecule has 0 atom stereocenters. The van der Waals surface area contributed by atoms with E-state index >= 15 is 0 Å². The summed E-state index contributed by atoms with van der Waals surface area (Å²) in [5.74, 6) is -0.323. The molecule has 2 aliphatic heterocycles. The van der Waals surface area contributed by atoms with Crippen molar-refractivity contribution >= 4 is 11.8 Å². The summed E-state index contributed by atoms with van der Waals surface area (Å²) in [6.07, 6.45) is 2.69. The standard InChI is InChI=1S/C9H12N2O2/c1-2-10-5-7(6-10)11-8(12)3-4-9(11)13/h3-4,7H,2,5-6H2,1H3. The van der Waals surface area contributed by atoms with Gasteiger partial charge in [0.2, 0.25) is 0 Å². The first-order chi connectivity index (χ1) is 6.22. The number of carbonyl (C=O) groups excluding carboxylic acids is 2. The molecule has 1 saturated heterocycles. The van der Waals surface area contributed by atoms with Crippen molar-refractivity contribution in [3.05, 3.63) is 12.2 Å². The number of amides is 2. The quantitative estimate of drug-likeness (QED) is 0.544. The van der Waals surface area contributed by atoms with E-state index in [1.807, 2.05) is 0 Å². The number of rotatable bonds is 2. The van der Waals surface area contributed by atoms with Crippen molar-refractivity contribution in [2.75, 3.05) is 19.6 Å². The summed E-state index contributed by atoms with van der Waals surface area (Å²) in [7, 11) is 0. The highest BCUT2D eigenvalue weighted by Gasteiger charge is 2.37. The van der Waals surface area contributed by atoms with Gasteiger partial charge in [-0.1, -0.05) is 6.92 Å². The molecule has 0 saturated carbocycles. The van der Waals surface area contributed by atoms with Crippen LogP contribution in [0.3, 0.4) is 0 Å². The predicted molar refractivity (Wildman–Crippen MR) is 46.9 cm³/mol. The van der Waals surface area contributed by atoms with E-state index in [1.54, 1.807) is 0 Å². The van der Waals surface area contributed by atoms with Crippen LogP contribution in [-0.4, -0.2) is 47.3 Å². The molecule has 0 radical (unpaired) electrons. The van der Waals surface area contributed by atoms with Crippen LogP contribution in [0.15, 0.2) is 12.2 Å². The molecule has 0 aromatic rings. The van der Waals surface area contributed by atoms with Gasteiger partial charge in [-0.2, -0.15) is 0 Å². The largest absolute Gasteiger partial charge is 0.299 e. The minimum absolute atomic E-state index is 0.106. The molecular weight excluding hydrogens is 168 g/mol. The van der Waals surface area contributed by atoms with Crippen LogP contribution < -0.4 is 0 Å². The van der Waals surface area contributed by atoms with Crippen molar-refractivity contribution < 1.29 is 9.59 Å². The SMILES string of the molecule is CCN1CC(N2C(=O)C=CC2=O)C1. The number of nitrogens with zero attached hydrogens (tertiary/aromatic N) is 2. The van der Waals surface area contributed by atoms with Gasteiger partial charge in [0.05, 0.1) is 6.04 Å². The lowest BCUT2D eigenvalue weighted by molar-refractivity contribution is -0.143. The maximum Gasteiger partial charge on any atom is 0.253 e. The number of imide groups is 1. The van der Waals surface area contributed by atoms with E-state index in [4.69, 9.17) is 0 Å². The molecule has 0 N–H and O–H groups in total. The fourth-order valence-corrected chi connectivity index (χ4v) is 1.74. The molecule has 0 unspecified atom stereocenters. The van der Waals surface area contributed by atoms with Crippen LogP contribution in [-0.2, 0) is 9.59 Å². The Hall–Kier alpha value is -1.16. The van der Waals surface area contributed by atoms with Gasteiger partial charge in [-0.25, -0.2) is 0 Å². The van der Waals surface area contributed by atoms with E-state index in [-0.39, 0.29) is 17.9 Å². The molecule has 2 rings (SSSR count). The number of likely N-dealkylation sites (tertiary alicyclic amines) is 1. The minimum Gasteiger partial charge on any atom is -0.299 e. The zero-order valence-electron chi connectivity index (χ0n) is 7.56. The summed E-state index contributed by atoms with van der Waals surface area (Å²) in [6, 6.07) is 0.106. The van der Waals surface area contributed by atoms with Crippen molar-refractivity contribution in [2.45, 2.75) is 13.0 Å². The molecule has 0 bridgehead atoms. The molecule has 2 heterocycles. The minimum atomic E-state index is -0.161. The summed E-state index contributed by atoms with van der Waals surface area (Å²) in [6.45, 7) is 4.72. The third kappa shape index (κ3) is 1.27. The van der Waals surface area contributed by atoms with Gasteiger partial charge in [0.25, 0.3) is 11.8 Å². The van der Waals surface area contributed by atoms with E-state index in [1.165, 1.54) is 17.1 Å². The Morgan fingerprint density at radius 2 is 1.85 bits per heavy atom. The van der Waals surface area contributed by atoms with Gasteiger partial charge in [-0.05, 0) is 6.54 Å². The first-order valence-corrected chi connectivity index (χ1v) is 4.50. The summed E-state index contributed by atoms with van der Waals surface area (Å²) < 4.78 is 0. The van der Waals surface area contributed by atoms with Crippen molar-refractivity contribution in [1.82, 2.24) is 9.80 Å². The second-order valence-corrected chi connectivity index (χ2v) is 3.39. The van der Waals surface area contributed by atoms with Gasteiger partial charge in [0, 0.05) is 25.2 Å². The molecule has 0 aromatic heterocycles. The Labute approximate surface area is 76.8 Å². The van der Waals surface area contributed by atoms with E-state index in [0.717, 1.165) is 19.6 Å². The lowest BCUT2D eigenvalue weighted by Crippen LogP contribution is -2.60. The Balaban J connectivity index is 1.96. The molecule has 4 heteroatoms. The van der Waals surface area contributed by atoms with Crippen LogP contribution in [0.25, 0.3) is 0 Å². The molecule has 0 aromatic carbocycles. The van der Waals surface area contributed by atoms with Crippen LogP contribution >= 0.6 is 0 Å². The highest BCUT2D eigenvalue weighted by molar-refractivity contribution is 6.13. The fraction of sp³-hybridized carbons (Fsp3) is 0.556. The average molecular weight is 180 g/mol. The van der Waals surface area contributed by atoms with Gasteiger partial charge in [0.1, 0.15) is 0 Å². The molecular formula is C9H12N2O2. The maximum absolute atomic E-state index is 11.2. The van der Waals surface area contributed by atoms with Crippen LogP contribution in [0.4, 0.5) is 0 Å². The lowest BCUT2D eigenvalue weighted by atomic mass is 10.1. The summed E-state index contributed by atoms with van der Waals surface area (Å²) in [4.78, 5) is 26.0. The normalized spacial score (nSPS) is 24.2. The second-order valence-electron chi connectivity index (χ2n) is 3.39. The van der Waals surface area contributed by atoms with E-state index < -0.39 is 0 Å². The predicted octanol–water partition coefficient (Wildman–Crippen LogP) is -0.385. The Morgan fingerprint density at radius 1 is 1.31 bits per heavy atom. The monoisotopic (exact) mass is 180 g/mol. The molecule has 1 fully saturated rings. The highest BCUT2D eigenvalue weighted by atomic mass is 16.2. The second kappa shape index (κ2) is 2.96. The highest BCUT2D eigenvalue weighted by Crippen LogP contribution is 2.18. The molecule has 70 valence electrons. The number of likely N-dealkylation sites (N-methyl/N-ethyl adjacent to an activating group) is 1. The van der Waals surface area contributed by atoms with Gasteiger partial charge in [-0.15, -0.1) is 0 Å². The Bertz CT molecular complexity index is 261. The van der Waals surface area contributed by atoms with Gasteiger partial charge in [0.15, 0.2) is 0 Å². The number of hydrogen-bond donors (Lipinski definition) is 0. The molecule has 13 heavy (non-hydrogen) atoms. The topological polar surface area (TPSA) is 40.6 Å². The zero-order valence-corrected chi connectivity index (χ0v) is 7.56. The van der Waals surface area contributed by atoms with Crippen LogP contribution in [0.2, 0.25) is 0 Å². The maximum atomic E-state index is 11.2. The molecule has 2 amide bonds.